The van der Waals surface area contributed by atoms with Crippen LogP contribution in [-0.2, 0) is 19.3 Å². The molecule has 22 heavy (non-hydrogen) atoms. The van der Waals surface area contributed by atoms with Gasteiger partial charge in [-0.1, -0.05) is 6.42 Å². The first kappa shape index (κ1) is 17.5. The summed E-state index contributed by atoms with van der Waals surface area (Å²) in [6.45, 7) is 1.99. The van der Waals surface area contributed by atoms with Crippen LogP contribution in [0.2, 0.25) is 0 Å². The van der Waals surface area contributed by atoms with Crippen molar-refractivity contribution in [3.63, 3.8) is 0 Å². The third-order valence-corrected chi connectivity index (χ3v) is 6.07. The average Bonchev–Trinajstić information content (AvgIpc) is 2.64. The van der Waals surface area contributed by atoms with Gasteiger partial charge in [0.25, 0.3) is 0 Å². The number of nitrogens with one attached hydrogen (secondary N) is 1. The first-order valence-corrected chi connectivity index (χ1v) is 9.55. The summed E-state index contributed by atoms with van der Waals surface area (Å²) in [5.41, 5.74) is 0. The number of urea groups is 1. The normalized spacial score (nSPS) is 31.7. The van der Waals surface area contributed by atoms with Crippen LogP contribution in [0.1, 0.15) is 19.3 Å². The van der Waals surface area contributed by atoms with E-state index in [1.54, 1.807) is 12.0 Å². The Bertz CT molecular complexity index is 482. The molecule has 0 aromatic heterocycles. The number of carbonyl (C=O) groups excluding carboxylic acids is 1. The number of carbonyl (C=O) groups is 1. The monoisotopic (exact) mass is 334 g/mol. The van der Waals surface area contributed by atoms with Crippen molar-refractivity contribution in [2.75, 3.05) is 45.4 Å². The molecule has 2 rings (SSSR count). The molecule has 3 atom stereocenters. The van der Waals surface area contributed by atoms with Crippen molar-refractivity contribution in [2.45, 2.75) is 31.4 Å². The van der Waals surface area contributed by atoms with E-state index >= 15 is 0 Å². The number of likely N-dealkylation sites (tertiary alicyclic amines) is 1. The van der Waals surface area contributed by atoms with Crippen LogP contribution < -0.4 is 5.32 Å². The SMILES string of the molecule is COCC1CCCCN(C(=O)NC2CS(=O)(=O)CC2OC)C1. The van der Waals surface area contributed by atoms with Gasteiger partial charge in [0.2, 0.25) is 0 Å². The minimum absolute atomic E-state index is 0.0270. The van der Waals surface area contributed by atoms with E-state index in [0.29, 0.717) is 25.6 Å². The molecular weight excluding hydrogens is 308 g/mol. The highest BCUT2D eigenvalue weighted by Gasteiger charge is 2.39. The van der Waals surface area contributed by atoms with Crippen LogP contribution in [0.4, 0.5) is 4.79 Å². The standard InChI is InChI=1S/C14H26N2O5S/c1-20-8-11-5-3-4-6-16(7-11)14(17)15-12-9-22(18,19)10-13(12)21-2/h11-13H,3-10H2,1-2H3,(H,15,17). The highest BCUT2D eigenvalue weighted by Crippen LogP contribution is 2.19. The maximum absolute atomic E-state index is 12.5. The van der Waals surface area contributed by atoms with Gasteiger partial charge in [0.05, 0.1) is 30.3 Å². The molecule has 0 saturated carbocycles. The van der Waals surface area contributed by atoms with Gasteiger partial charge in [-0.25, -0.2) is 13.2 Å². The second-order valence-corrected chi connectivity index (χ2v) is 8.32. The Labute approximate surface area is 132 Å². The Morgan fingerprint density at radius 1 is 1.27 bits per heavy atom. The van der Waals surface area contributed by atoms with E-state index in [4.69, 9.17) is 9.47 Å². The summed E-state index contributed by atoms with van der Waals surface area (Å²) >= 11 is 0. The lowest BCUT2D eigenvalue weighted by Gasteiger charge is -2.27. The van der Waals surface area contributed by atoms with Crippen LogP contribution in [0.5, 0.6) is 0 Å². The Kier molecular flexibility index (Phi) is 6.05. The van der Waals surface area contributed by atoms with Crippen LogP contribution in [-0.4, -0.2) is 76.9 Å². The van der Waals surface area contributed by atoms with Crippen molar-refractivity contribution < 1.29 is 22.7 Å². The van der Waals surface area contributed by atoms with Crippen LogP contribution in [0.3, 0.4) is 0 Å². The van der Waals surface area contributed by atoms with Gasteiger partial charge in [0.15, 0.2) is 9.84 Å². The van der Waals surface area contributed by atoms with Gasteiger partial charge in [-0.3, -0.25) is 0 Å². The summed E-state index contributed by atoms with van der Waals surface area (Å²) in [4.78, 5) is 14.2. The Morgan fingerprint density at radius 2 is 2.05 bits per heavy atom. The van der Waals surface area contributed by atoms with Gasteiger partial charge < -0.3 is 19.7 Å². The molecule has 2 aliphatic heterocycles. The van der Waals surface area contributed by atoms with Crippen LogP contribution in [0.15, 0.2) is 0 Å². The van der Waals surface area contributed by atoms with Crippen molar-refractivity contribution in [2.24, 2.45) is 5.92 Å². The minimum atomic E-state index is -3.14. The van der Waals surface area contributed by atoms with E-state index in [1.165, 1.54) is 7.11 Å². The molecule has 7 nitrogen and oxygen atoms in total. The van der Waals surface area contributed by atoms with Gasteiger partial charge in [-0.2, -0.15) is 0 Å². The molecule has 0 spiro atoms. The van der Waals surface area contributed by atoms with E-state index in [1.807, 2.05) is 0 Å². The minimum Gasteiger partial charge on any atom is -0.384 e. The fourth-order valence-corrected chi connectivity index (χ4v) is 5.07. The maximum Gasteiger partial charge on any atom is 0.317 e. The number of amides is 2. The summed E-state index contributed by atoms with van der Waals surface area (Å²) in [5.74, 6) is 0.261. The first-order chi connectivity index (χ1) is 10.4. The van der Waals surface area contributed by atoms with Crippen LogP contribution in [0.25, 0.3) is 0 Å². The van der Waals surface area contributed by atoms with Gasteiger partial charge in [0, 0.05) is 27.3 Å². The second-order valence-electron chi connectivity index (χ2n) is 6.17. The van der Waals surface area contributed by atoms with Crippen LogP contribution >= 0.6 is 0 Å². The lowest BCUT2D eigenvalue weighted by atomic mass is 10.1. The molecule has 2 aliphatic rings. The molecule has 2 heterocycles. The molecule has 2 amide bonds. The van der Waals surface area contributed by atoms with Gasteiger partial charge >= 0.3 is 6.03 Å². The molecule has 1 N–H and O–H groups in total. The average molecular weight is 334 g/mol. The summed E-state index contributed by atoms with van der Waals surface area (Å²) in [6, 6.07) is -0.668. The second kappa shape index (κ2) is 7.61. The lowest BCUT2D eigenvalue weighted by molar-refractivity contribution is 0.0954. The van der Waals surface area contributed by atoms with E-state index in [0.717, 1.165) is 19.3 Å². The van der Waals surface area contributed by atoms with Gasteiger partial charge in [0.1, 0.15) is 0 Å². The lowest BCUT2D eigenvalue weighted by Crippen LogP contribution is -2.50. The zero-order chi connectivity index (χ0) is 16.2. The summed E-state index contributed by atoms with van der Waals surface area (Å²) in [5, 5.41) is 2.84. The first-order valence-electron chi connectivity index (χ1n) is 7.72. The molecule has 2 fully saturated rings. The topological polar surface area (TPSA) is 84.9 Å². The summed E-state index contributed by atoms with van der Waals surface area (Å²) in [7, 11) is 0.00801. The molecule has 128 valence electrons. The number of methoxy groups -OCH3 is 2. The van der Waals surface area contributed by atoms with Crippen molar-refractivity contribution in [1.29, 1.82) is 0 Å². The third-order valence-electron chi connectivity index (χ3n) is 4.37. The fourth-order valence-electron chi connectivity index (χ4n) is 3.22. The van der Waals surface area contributed by atoms with E-state index in [2.05, 4.69) is 5.32 Å². The Hall–Kier alpha value is -0.860. The number of nitrogens with zero attached hydrogens (tertiary/aromatic N) is 1. The van der Waals surface area contributed by atoms with Crippen molar-refractivity contribution in [3.05, 3.63) is 0 Å². The molecule has 0 aromatic rings. The van der Waals surface area contributed by atoms with Gasteiger partial charge in [-0.05, 0) is 18.8 Å². The smallest absolute Gasteiger partial charge is 0.317 e. The predicted octanol–water partition coefficient (Wildman–Crippen LogP) is 0.257. The highest BCUT2D eigenvalue weighted by atomic mass is 32.2. The third kappa shape index (κ3) is 4.57. The zero-order valence-electron chi connectivity index (χ0n) is 13.3. The molecule has 2 saturated heterocycles. The van der Waals surface area contributed by atoms with Crippen LogP contribution in [0, 0.1) is 5.92 Å². The predicted molar refractivity (Wildman–Crippen MR) is 82.6 cm³/mol. The Balaban J connectivity index is 1.95. The largest absolute Gasteiger partial charge is 0.384 e. The molecule has 0 aromatic carbocycles. The molecule has 0 radical (unpaired) electrons. The fraction of sp³-hybridized carbons (Fsp3) is 0.929. The van der Waals surface area contributed by atoms with E-state index in [-0.39, 0.29) is 17.5 Å². The quantitative estimate of drug-likeness (QED) is 0.797. The Morgan fingerprint density at radius 3 is 2.73 bits per heavy atom. The zero-order valence-corrected chi connectivity index (χ0v) is 14.1. The van der Waals surface area contributed by atoms with E-state index < -0.39 is 22.0 Å². The molecule has 0 aliphatic carbocycles. The highest BCUT2D eigenvalue weighted by molar-refractivity contribution is 7.91. The summed E-state index contributed by atoms with van der Waals surface area (Å²) < 4.78 is 33.8. The van der Waals surface area contributed by atoms with Crippen molar-refractivity contribution in [1.82, 2.24) is 10.2 Å². The number of sulfone groups is 1. The number of ether oxygens (including phenoxy) is 2. The molecule has 3 unspecified atom stereocenters. The number of rotatable bonds is 4. The number of hydrogen-bond acceptors (Lipinski definition) is 5. The van der Waals surface area contributed by atoms with E-state index in [9.17, 15) is 13.2 Å². The molecular formula is C14H26N2O5S. The number of hydrogen-bond donors (Lipinski definition) is 1. The summed E-state index contributed by atoms with van der Waals surface area (Å²) in [6.07, 6.45) is 2.63. The molecule has 0 bridgehead atoms. The van der Waals surface area contributed by atoms with Crippen molar-refractivity contribution in [3.8, 4) is 0 Å². The maximum atomic E-state index is 12.5. The van der Waals surface area contributed by atoms with Crippen molar-refractivity contribution >= 4 is 15.9 Å². The molecule has 8 heteroatoms. The van der Waals surface area contributed by atoms with Gasteiger partial charge in [-0.15, -0.1) is 0 Å².